The molecular formula is C20H23N3O3S. The molecule has 1 fully saturated rings. The van der Waals surface area contributed by atoms with Gasteiger partial charge in [-0.25, -0.2) is 0 Å². The molecule has 2 aromatic rings. The number of methoxy groups -OCH3 is 1. The predicted octanol–water partition coefficient (Wildman–Crippen LogP) is 2.96. The monoisotopic (exact) mass is 385 g/mol. The van der Waals surface area contributed by atoms with Crippen LogP contribution in [0.2, 0.25) is 0 Å². The molecule has 0 saturated carbocycles. The third kappa shape index (κ3) is 5.00. The van der Waals surface area contributed by atoms with Gasteiger partial charge in [0, 0.05) is 17.5 Å². The Morgan fingerprint density at radius 2 is 2.15 bits per heavy atom. The van der Waals surface area contributed by atoms with Crippen LogP contribution >= 0.6 is 11.3 Å². The number of rotatable bonds is 8. The average Bonchev–Trinajstić information content (AvgIpc) is 3.41. The highest BCUT2D eigenvalue weighted by atomic mass is 32.1. The van der Waals surface area contributed by atoms with Gasteiger partial charge in [-0.2, -0.15) is 5.26 Å². The molecule has 2 heterocycles. The van der Waals surface area contributed by atoms with Crippen LogP contribution in [0, 0.1) is 11.3 Å². The zero-order valence-corrected chi connectivity index (χ0v) is 16.1. The number of ether oxygens (including phenoxy) is 2. The molecule has 1 aliphatic rings. The molecule has 0 aliphatic carbocycles. The van der Waals surface area contributed by atoms with E-state index in [0.717, 1.165) is 13.1 Å². The largest absolute Gasteiger partial charge is 0.493 e. The Bertz CT molecular complexity index is 795. The second-order valence-corrected chi connectivity index (χ2v) is 7.32. The Morgan fingerprint density at radius 1 is 1.33 bits per heavy atom. The number of amides is 1. The van der Waals surface area contributed by atoms with E-state index in [4.69, 9.17) is 14.7 Å². The number of likely N-dealkylation sites (tertiary alicyclic amines) is 1. The molecule has 142 valence electrons. The average molecular weight is 385 g/mol. The van der Waals surface area contributed by atoms with E-state index in [-0.39, 0.29) is 18.6 Å². The van der Waals surface area contributed by atoms with E-state index in [0.29, 0.717) is 23.6 Å². The molecular weight excluding hydrogens is 362 g/mol. The summed E-state index contributed by atoms with van der Waals surface area (Å²) in [5.74, 6) is 0.707. The fourth-order valence-electron chi connectivity index (χ4n) is 3.20. The van der Waals surface area contributed by atoms with Crippen LogP contribution in [0.4, 0.5) is 0 Å². The summed E-state index contributed by atoms with van der Waals surface area (Å²) in [7, 11) is 1.51. The summed E-state index contributed by atoms with van der Waals surface area (Å²) in [6.45, 7) is 2.60. The second-order valence-electron chi connectivity index (χ2n) is 6.34. The SMILES string of the molecule is COc1cc(C#N)ccc1OCC(=O)NCC(c1cccs1)N1CCCC1. The van der Waals surface area contributed by atoms with Gasteiger partial charge in [-0.05, 0) is 49.5 Å². The predicted molar refractivity (Wildman–Crippen MR) is 104 cm³/mol. The van der Waals surface area contributed by atoms with Gasteiger partial charge < -0.3 is 14.8 Å². The van der Waals surface area contributed by atoms with Crippen molar-refractivity contribution in [2.45, 2.75) is 18.9 Å². The summed E-state index contributed by atoms with van der Waals surface area (Å²) in [4.78, 5) is 16.0. The first-order valence-electron chi connectivity index (χ1n) is 8.96. The molecule has 1 aromatic heterocycles. The van der Waals surface area contributed by atoms with E-state index in [1.807, 2.05) is 12.1 Å². The molecule has 1 N–H and O–H groups in total. The third-order valence-electron chi connectivity index (χ3n) is 4.60. The molecule has 27 heavy (non-hydrogen) atoms. The minimum atomic E-state index is -0.179. The molecule has 1 saturated heterocycles. The lowest BCUT2D eigenvalue weighted by Gasteiger charge is -2.26. The van der Waals surface area contributed by atoms with Crippen molar-refractivity contribution in [3.63, 3.8) is 0 Å². The summed E-state index contributed by atoms with van der Waals surface area (Å²) >= 11 is 1.72. The number of nitrogens with one attached hydrogen (secondary N) is 1. The molecule has 6 nitrogen and oxygen atoms in total. The number of hydrogen-bond acceptors (Lipinski definition) is 6. The van der Waals surface area contributed by atoms with Crippen LogP contribution in [0.5, 0.6) is 11.5 Å². The fraction of sp³-hybridized carbons (Fsp3) is 0.400. The van der Waals surface area contributed by atoms with Crippen LogP contribution in [-0.4, -0.2) is 44.2 Å². The van der Waals surface area contributed by atoms with Gasteiger partial charge in [0.1, 0.15) is 0 Å². The number of thiophene rings is 1. The van der Waals surface area contributed by atoms with Gasteiger partial charge in [0.15, 0.2) is 18.1 Å². The van der Waals surface area contributed by atoms with Gasteiger partial charge in [0.2, 0.25) is 0 Å². The summed E-state index contributed by atoms with van der Waals surface area (Å²) in [6, 6.07) is 11.3. The van der Waals surface area contributed by atoms with Crippen molar-refractivity contribution in [2.24, 2.45) is 0 Å². The van der Waals surface area contributed by atoms with Crippen LogP contribution in [0.1, 0.15) is 29.3 Å². The van der Waals surface area contributed by atoms with E-state index in [1.165, 1.54) is 24.8 Å². The van der Waals surface area contributed by atoms with Crippen molar-refractivity contribution >= 4 is 17.2 Å². The van der Waals surface area contributed by atoms with Gasteiger partial charge >= 0.3 is 0 Å². The Labute approximate surface area is 163 Å². The van der Waals surface area contributed by atoms with Gasteiger partial charge in [0.05, 0.1) is 24.8 Å². The molecule has 0 radical (unpaired) electrons. The second kappa shape index (κ2) is 9.40. The fourth-order valence-corrected chi connectivity index (χ4v) is 4.07. The summed E-state index contributed by atoms with van der Waals surface area (Å²) in [5.41, 5.74) is 0.480. The minimum Gasteiger partial charge on any atom is -0.493 e. The maximum Gasteiger partial charge on any atom is 0.258 e. The van der Waals surface area contributed by atoms with Gasteiger partial charge in [0.25, 0.3) is 5.91 Å². The molecule has 1 aromatic carbocycles. The topological polar surface area (TPSA) is 74.6 Å². The zero-order chi connectivity index (χ0) is 19.1. The van der Waals surface area contributed by atoms with Crippen LogP contribution in [-0.2, 0) is 4.79 Å². The zero-order valence-electron chi connectivity index (χ0n) is 15.3. The summed E-state index contributed by atoms with van der Waals surface area (Å²) in [6.07, 6.45) is 2.41. The Kier molecular flexibility index (Phi) is 6.69. The quantitative estimate of drug-likeness (QED) is 0.756. The first-order valence-corrected chi connectivity index (χ1v) is 9.84. The molecule has 1 amide bonds. The maximum atomic E-state index is 12.3. The smallest absolute Gasteiger partial charge is 0.258 e. The van der Waals surface area contributed by atoms with Gasteiger partial charge in [-0.15, -0.1) is 11.3 Å². The van der Waals surface area contributed by atoms with Crippen LogP contribution in [0.25, 0.3) is 0 Å². The van der Waals surface area contributed by atoms with Crippen LogP contribution < -0.4 is 14.8 Å². The molecule has 1 aliphatic heterocycles. The van der Waals surface area contributed by atoms with Crippen LogP contribution in [0.3, 0.4) is 0 Å². The van der Waals surface area contributed by atoms with Crippen molar-refractivity contribution < 1.29 is 14.3 Å². The van der Waals surface area contributed by atoms with E-state index in [9.17, 15) is 4.79 Å². The minimum absolute atomic E-state index is 0.0978. The standard InChI is InChI=1S/C20H23N3O3S/c1-25-18-11-15(12-21)6-7-17(18)26-14-20(24)22-13-16(19-5-4-10-27-19)23-8-2-3-9-23/h4-7,10-11,16H,2-3,8-9,13-14H2,1H3,(H,22,24). The normalized spacial score (nSPS) is 15.1. The lowest BCUT2D eigenvalue weighted by Crippen LogP contribution is -2.38. The highest BCUT2D eigenvalue weighted by Crippen LogP contribution is 2.29. The molecule has 3 rings (SSSR count). The Morgan fingerprint density at radius 3 is 2.81 bits per heavy atom. The third-order valence-corrected chi connectivity index (χ3v) is 5.57. The molecule has 0 spiro atoms. The highest BCUT2D eigenvalue weighted by molar-refractivity contribution is 7.10. The maximum absolute atomic E-state index is 12.3. The Balaban J connectivity index is 1.55. The lowest BCUT2D eigenvalue weighted by atomic mass is 10.2. The Hall–Kier alpha value is -2.56. The van der Waals surface area contributed by atoms with E-state index in [1.54, 1.807) is 29.5 Å². The number of hydrogen-bond donors (Lipinski definition) is 1. The van der Waals surface area contributed by atoms with Crippen molar-refractivity contribution in [3.05, 3.63) is 46.2 Å². The van der Waals surface area contributed by atoms with Gasteiger partial charge in [-0.3, -0.25) is 9.69 Å². The number of benzene rings is 1. The first-order chi connectivity index (χ1) is 13.2. The van der Waals surface area contributed by atoms with Crippen molar-refractivity contribution in [1.82, 2.24) is 10.2 Å². The summed E-state index contributed by atoms with van der Waals surface area (Å²) < 4.78 is 10.8. The first kappa shape index (κ1) is 19.2. The van der Waals surface area contributed by atoms with E-state index >= 15 is 0 Å². The summed E-state index contributed by atoms with van der Waals surface area (Å²) in [5, 5.41) is 14.0. The molecule has 1 unspecified atom stereocenters. The van der Waals surface area contributed by atoms with Crippen molar-refractivity contribution in [2.75, 3.05) is 33.4 Å². The lowest BCUT2D eigenvalue weighted by molar-refractivity contribution is -0.123. The molecule has 7 heteroatoms. The molecule has 0 bridgehead atoms. The van der Waals surface area contributed by atoms with Gasteiger partial charge in [-0.1, -0.05) is 6.07 Å². The number of nitriles is 1. The highest BCUT2D eigenvalue weighted by Gasteiger charge is 2.24. The van der Waals surface area contributed by atoms with Crippen LogP contribution in [0.15, 0.2) is 35.7 Å². The van der Waals surface area contributed by atoms with Crippen molar-refractivity contribution in [1.29, 1.82) is 5.26 Å². The number of nitrogens with zero attached hydrogens (tertiary/aromatic N) is 2. The van der Waals surface area contributed by atoms with Crippen molar-refractivity contribution in [3.8, 4) is 17.6 Å². The van der Waals surface area contributed by atoms with E-state index in [2.05, 4.69) is 21.7 Å². The number of carbonyl (C=O) groups is 1. The van der Waals surface area contributed by atoms with E-state index < -0.39 is 0 Å². The molecule has 1 atom stereocenters. The number of carbonyl (C=O) groups excluding carboxylic acids is 1.